The first kappa shape index (κ1) is 18.0. The second kappa shape index (κ2) is 6.48. The molecule has 2 aliphatic rings. The largest absolute Gasteiger partial charge is 0.497 e. The second-order valence-corrected chi connectivity index (χ2v) is 8.94. The van der Waals surface area contributed by atoms with Crippen LogP contribution in [0.2, 0.25) is 0 Å². The molecule has 1 aliphatic carbocycles. The number of rotatable bonds is 2. The average Bonchev–Trinajstić information content (AvgIpc) is 2.70. The minimum absolute atomic E-state index is 0.00640. The highest BCUT2D eigenvalue weighted by atomic mass is 16.5. The molecular formula is C26H25NO2. The van der Waals surface area contributed by atoms with Crippen molar-refractivity contribution in [2.75, 3.05) is 12.4 Å². The van der Waals surface area contributed by atoms with Crippen LogP contribution in [0, 0.1) is 5.41 Å². The Hall–Kier alpha value is -3.07. The number of Topliss-reactive ketones (excluding diaryl/α,β-unsaturated/α-hetero) is 1. The minimum atomic E-state index is -0.0311. The molecule has 3 heteroatoms. The molecule has 3 aromatic carbocycles. The van der Waals surface area contributed by atoms with Crippen molar-refractivity contribution in [1.82, 2.24) is 0 Å². The van der Waals surface area contributed by atoms with Gasteiger partial charge in [0.25, 0.3) is 0 Å². The zero-order valence-corrected chi connectivity index (χ0v) is 17.1. The van der Waals surface area contributed by atoms with Gasteiger partial charge in [0.15, 0.2) is 5.78 Å². The molecule has 1 heterocycles. The van der Waals surface area contributed by atoms with E-state index < -0.39 is 0 Å². The summed E-state index contributed by atoms with van der Waals surface area (Å²) in [6.07, 6.45) is 1.50. The lowest BCUT2D eigenvalue weighted by atomic mass is 9.68. The molecule has 3 aromatic rings. The Bertz CT molecular complexity index is 1160. The number of carbonyl (C=O) groups is 1. The lowest BCUT2D eigenvalue weighted by Crippen LogP contribution is -2.32. The number of methoxy groups -OCH3 is 1. The molecule has 0 amide bonds. The number of hydrogen-bond acceptors (Lipinski definition) is 3. The third-order valence-electron chi connectivity index (χ3n) is 6.16. The van der Waals surface area contributed by atoms with Gasteiger partial charge < -0.3 is 10.1 Å². The number of benzene rings is 3. The van der Waals surface area contributed by atoms with Crippen LogP contribution in [0.15, 0.2) is 66.2 Å². The lowest BCUT2D eigenvalue weighted by molar-refractivity contribution is -0.116. The summed E-state index contributed by atoms with van der Waals surface area (Å²) < 4.78 is 5.33. The molecule has 1 N–H and O–H groups in total. The maximum Gasteiger partial charge on any atom is 0.164 e. The van der Waals surface area contributed by atoms with Gasteiger partial charge in [0, 0.05) is 23.2 Å². The average molecular weight is 383 g/mol. The summed E-state index contributed by atoms with van der Waals surface area (Å²) in [5.74, 6) is 1.10. The van der Waals surface area contributed by atoms with E-state index in [0.29, 0.717) is 6.42 Å². The summed E-state index contributed by atoms with van der Waals surface area (Å²) in [5.41, 5.74) is 5.34. The number of ketones is 1. The fourth-order valence-corrected chi connectivity index (χ4v) is 4.83. The molecule has 3 nitrogen and oxygen atoms in total. The Morgan fingerprint density at radius 3 is 2.34 bits per heavy atom. The molecule has 0 fully saturated rings. The molecule has 29 heavy (non-hydrogen) atoms. The predicted octanol–water partition coefficient (Wildman–Crippen LogP) is 6.16. The summed E-state index contributed by atoms with van der Waals surface area (Å²) in [7, 11) is 1.68. The first-order valence-corrected chi connectivity index (χ1v) is 10.2. The third kappa shape index (κ3) is 3.02. The highest BCUT2D eigenvalue weighted by Gasteiger charge is 2.40. The van der Waals surface area contributed by atoms with Gasteiger partial charge in [-0.1, -0.05) is 50.2 Å². The molecule has 146 valence electrons. The minimum Gasteiger partial charge on any atom is -0.497 e. The zero-order chi connectivity index (χ0) is 20.2. The summed E-state index contributed by atoms with van der Waals surface area (Å²) in [6.45, 7) is 4.38. The van der Waals surface area contributed by atoms with Gasteiger partial charge in [0.2, 0.25) is 0 Å². The van der Waals surface area contributed by atoms with Crippen molar-refractivity contribution in [2.45, 2.75) is 32.7 Å². The highest BCUT2D eigenvalue weighted by Crippen LogP contribution is 2.50. The van der Waals surface area contributed by atoms with Crippen molar-refractivity contribution in [3.8, 4) is 5.75 Å². The number of nitrogens with one attached hydrogen (secondary N) is 1. The Morgan fingerprint density at radius 2 is 1.66 bits per heavy atom. The van der Waals surface area contributed by atoms with Gasteiger partial charge in [0.05, 0.1) is 13.2 Å². The van der Waals surface area contributed by atoms with Crippen molar-refractivity contribution in [1.29, 1.82) is 0 Å². The molecule has 1 aliphatic heterocycles. The van der Waals surface area contributed by atoms with Crippen LogP contribution in [0.4, 0.5) is 5.69 Å². The number of hydrogen-bond donors (Lipinski definition) is 1. The number of anilines is 1. The number of carbonyl (C=O) groups excluding carboxylic acids is 1. The van der Waals surface area contributed by atoms with Crippen molar-refractivity contribution >= 4 is 27.8 Å². The van der Waals surface area contributed by atoms with Crippen molar-refractivity contribution < 1.29 is 9.53 Å². The number of ether oxygens (including phenoxy) is 1. The van der Waals surface area contributed by atoms with Crippen LogP contribution in [0.1, 0.15) is 43.9 Å². The van der Waals surface area contributed by atoms with Crippen LogP contribution in [0.5, 0.6) is 5.75 Å². The summed E-state index contributed by atoms with van der Waals surface area (Å²) in [4.78, 5) is 13.3. The van der Waals surface area contributed by atoms with Crippen LogP contribution < -0.4 is 10.1 Å². The topological polar surface area (TPSA) is 38.3 Å². The molecule has 0 saturated carbocycles. The molecule has 0 bridgehead atoms. The SMILES string of the molecule is COc1ccc(C2Nc3cc4ccccc4cc3C3=C2CC(C)(C)CC3=O)cc1. The van der Waals surface area contributed by atoms with E-state index >= 15 is 0 Å². The molecule has 1 unspecified atom stereocenters. The van der Waals surface area contributed by atoms with E-state index in [1.165, 1.54) is 16.3 Å². The fourth-order valence-electron chi connectivity index (χ4n) is 4.83. The standard InChI is InChI=1S/C26H25NO2/c1-26(2)14-21-24(23(28)15-26)20-12-17-6-4-5-7-18(17)13-22(20)27-25(21)16-8-10-19(29-3)11-9-16/h4-13,25,27H,14-15H2,1-3H3. The molecule has 5 rings (SSSR count). The van der Waals surface area contributed by atoms with Crippen molar-refractivity contribution in [2.24, 2.45) is 5.41 Å². The number of allylic oxidation sites excluding steroid dienone is 1. The maximum absolute atomic E-state index is 13.3. The molecule has 0 saturated heterocycles. The van der Waals surface area contributed by atoms with E-state index in [4.69, 9.17) is 4.74 Å². The Morgan fingerprint density at radius 1 is 0.966 bits per heavy atom. The van der Waals surface area contributed by atoms with Crippen LogP contribution >= 0.6 is 0 Å². The van der Waals surface area contributed by atoms with E-state index in [-0.39, 0.29) is 17.2 Å². The molecule has 1 atom stereocenters. The van der Waals surface area contributed by atoms with E-state index in [1.54, 1.807) is 7.11 Å². The second-order valence-electron chi connectivity index (χ2n) is 8.94. The van der Waals surface area contributed by atoms with Gasteiger partial charge in [-0.05, 0) is 58.0 Å². The van der Waals surface area contributed by atoms with Gasteiger partial charge in [-0.25, -0.2) is 0 Å². The number of fused-ring (bicyclic) bond motifs is 3. The molecule has 0 radical (unpaired) electrons. The van der Waals surface area contributed by atoms with Gasteiger partial charge >= 0.3 is 0 Å². The normalized spacial score (nSPS) is 20.1. The third-order valence-corrected chi connectivity index (χ3v) is 6.16. The summed E-state index contributed by atoms with van der Waals surface area (Å²) >= 11 is 0. The van der Waals surface area contributed by atoms with Gasteiger partial charge in [-0.15, -0.1) is 0 Å². The Kier molecular flexibility index (Phi) is 4.02. The van der Waals surface area contributed by atoms with E-state index in [0.717, 1.165) is 34.6 Å². The molecule has 0 spiro atoms. The van der Waals surface area contributed by atoms with E-state index in [1.807, 2.05) is 18.2 Å². The first-order chi connectivity index (χ1) is 13.9. The van der Waals surface area contributed by atoms with Gasteiger partial charge in [-0.2, -0.15) is 0 Å². The quantitative estimate of drug-likeness (QED) is 0.576. The fraction of sp³-hybridized carbons (Fsp3) is 0.269. The highest BCUT2D eigenvalue weighted by molar-refractivity contribution is 6.25. The van der Waals surface area contributed by atoms with Crippen molar-refractivity contribution in [3.05, 3.63) is 77.4 Å². The van der Waals surface area contributed by atoms with Crippen LogP contribution in [0.3, 0.4) is 0 Å². The molecular weight excluding hydrogens is 358 g/mol. The van der Waals surface area contributed by atoms with Gasteiger partial charge in [-0.3, -0.25) is 4.79 Å². The smallest absolute Gasteiger partial charge is 0.164 e. The summed E-state index contributed by atoms with van der Waals surface area (Å²) in [5, 5.41) is 6.10. The van der Waals surface area contributed by atoms with Crippen LogP contribution in [-0.2, 0) is 4.79 Å². The van der Waals surface area contributed by atoms with Crippen LogP contribution in [0.25, 0.3) is 16.3 Å². The van der Waals surface area contributed by atoms with Gasteiger partial charge in [0.1, 0.15) is 5.75 Å². The first-order valence-electron chi connectivity index (χ1n) is 10.2. The monoisotopic (exact) mass is 383 g/mol. The zero-order valence-electron chi connectivity index (χ0n) is 17.1. The Labute approximate surface area is 171 Å². The molecule has 0 aromatic heterocycles. The summed E-state index contributed by atoms with van der Waals surface area (Å²) in [6, 6.07) is 20.9. The Balaban J connectivity index is 1.73. The maximum atomic E-state index is 13.3. The lowest BCUT2D eigenvalue weighted by Gasteiger charge is -2.40. The van der Waals surface area contributed by atoms with E-state index in [2.05, 4.69) is 61.6 Å². The van der Waals surface area contributed by atoms with E-state index in [9.17, 15) is 4.79 Å². The predicted molar refractivity (Wildman–Crippen MR) is 118 cm³/mol. The van der Waals surface area contributed by atoms with Crippen molar-refractivity contribution in [3.63, 3.8) is 0 Å². The van der Waals surface area contributed by atoms with Crippen LogP contribution in [-0.4, -0.2) is 12.9 Å².